The van der Waals surface area contributed by atoms with Crippen LogP contribution in [0.3, 0.4) is 0 Å². The average molecular weight is 405 g/mol. The van der Waals surface area contributed by atoms with Gasteiger partial charge in [0.2, 0.25) is 5.88 Å². The average Bonchev–Trinajstić information content (AvgIpc) is 2.73. The van der Waals surface area contributed by atoms with Gasteiger partial charge in [-0.3, -0.25) is 4.90 Å². The first-order valence-corrected chi connectivity index (χ1v) is 9.75. The molecule has 4 nitrogen and oxygen atoms in total. The number of nitrogens with zero attached hydrogens (tertiary/aromatic N) is 2. The van der Waals surface area contributed by atoms with Gasteiger partial charge in [0.1, 0.15) is 29.0 Å². The summed E-state index contributed by atoms with van der Waals surface area (Å²) < 4.78 is 33.6. The fourth-order valence-electron chi connectivity index (χ4n) is 4.03. The molecule has 2 N–H and O–H groups in total. The van der Waals surface area contributed by atoms with E-state index < -0.39 is 5.92 Å². The standard InChI is InChI=1S/C24H21F2N3O/c1-2-29-13-17(9-15-5-3-7-18(25)10-15)23-21(14-29)22(20(12-27)24(28)30-23)16-6-4-8-19(26)11-16/h3-11,22H,2,13-14,28H2,1H3/b17-9-. The molecule has 30 heavy (non-hydrogen) atoms. The number of ether oxygens (including phenoxy) is 1. The van der Waals surface area contributed by atoms with Crippen molar-refractivity contribution in [1.82, 2.24) is 4.90 Å². The lowest BCUT2D eigenvalue weighted by atomic mass is 9.80. The van der Waals surface area contributed by atoms with E-state index >= 15 is 0 Å². The van der Waals surface area contributed by atoms with Crippen LogP contribution in [0.2, 0.25) is 0 Å². The smallest absolute Gasteiger partial charge is 0.205 e. The SMILES string of the molecule is CCN1CC2=C(OC(N)=C(C#N)C2c2cccc(F)c2)/C(=C\c2cccc(F)c2)C1. The summed E-state index contributed by atoms with van der Waals surface area (Å²) in [4.78, 5) is 2.19. The summed E-state index contributed by atoms with van der Waals surface area (Å²) in [5.74, 6) is -0.610. The third-order valence-electron chi connectivity index (χ3n) is 5.43. The fraction of sp³-hybridized carbons (Fsp3) is 0.208. The molecule has 0 bridgehead atoms. The molecule has 2 heterocycles. The first kappa shape index (κ1) is 19.9. The van der Waals surface area contributed by atoms with Gasteiger partial charge in [-0.25, -0.2) is 8.78 Å². The zero-order chi connectivity index (χ0) is 21.3. The first-order chi connectivity index (χ1) is 14.5. The second-order valence-electron chi connectivity index (χ2n) is 7.36. The Bertz CT molecular complexity index is 1130. The summed E-state index contributed by atoms with van der Waals surface area (Å²) in [7, 11) is 0. The largest absolute Gasteiger partial charge is 0.440 e. The van der Waals surface area contributed by atoms with Gasteiger partial charge in [0.05, 0.1) is 5.92 Å². The lowest BCUT2D eigenvalue weighted by Gasteiger charge is -2.38. The molecule has 0 aromatic heterocycles. The number of hydrogen-bond donors (Lipinski definition) is 1. The molecular weight excluding hydrogens is 384 g/mol. The van der Waals surface area contributed by atoms with Crippen molar-refractivity contribution in [3.63, 3.8) is 0 Å². The minimum Gasteiger partial charge on any atom is -0.440 e. The third-order valence-corrected chi connectivity index (χ3v) is 5.43. The first-order valence-electron chi connectivity index (χ1n) is 9.75. The van der Waals surface area contributed by atoms with Crippen LogP contribution < -0.4 is 5.73 Å². The van der Waals surface area contributed by atoms with E-state index in [-0.39, 0.29) is 23.1 Å². The van der Waals surface area contributed by atoms with Crippen LogP contribution in [0, 0.1) is 23.0 Å². The Morgan fingerprint density at radius 2 is 1.90 bits per heavy atom. The molecule has 0 amide bonds. The molecule has 1 unspecified atom stereocenters. The van der Waals surface area contributed by atoms with Gasteiger partial charge in [-0.1, -0.05) is 31.2 Å². The quantitative estimate of drug-likeness (QED) is 0.820. The van der Waals surface area contributed by atoms with Crippen molar-refractivity contribution in [2.24, 2.45) is 5.73 Å². The summed E-state index contributed by atoms with van der Waals surface area (Å²) in [6.07, 6.45) is 1.87. The predicted molar refractivity (Wildman–Crippen MR) is 111 cm³/mol. The summed E-state index contributed by atoms with van der Waals surface area (Å²) in [5.41, 5.74) is 9.42. The second kappa shape index (κ2) is 8.13. The van der Waals surface area contributed by atoms with E-state index in [1.807, 2.05) is 19.1 Å². The van der Waals surface area contributed by atoms with Crippen LogP contribution in [0.15, 0.2) is 76.9 Å². The van der Waals surface area contributed by atoms with Crippen molar-refractivity contribution in [2.75, 3.05) is 19.6 Å². The molecule has 6 heteroatoms. The summed E-state index contributed by atoms with van der Waals surface area (Å²) >= 11 is 0. The summed E-state index contributed by atoms with van der Waals surface area (Å²) in [6.45, 7) is 3.97. The molecule has 1 atom stereocenters. The van der Waals surface area contributed by atoms with Gasteiger partial charge < -0.3 is 10.5 Å². The molecule has 0 fully saturated rings. The Labute approximate surface area is 174 Å². The number of hydrogen-bond acceptors (Lipinski definition) is 4. The second-order valence-corrected chi connectivity index (χ2v) is 7.36. The normalized spacial score (nSPS) is 20.7. The highest BCUT2D eigenvalue weighted by Gasteiger charge is 2.37. The van der Waals surface area contributed by atoms with Crippen molar-refractivity contribution in [3.8, 4) is 6.07 Å². The summed E-state index contributed by atoms with van der Waals surface area (Å²) in [6, 6.07) is 14.6. The fourth-order valence-corrected chi connectivity index (χ4v) is 4.03. The number of rotatable bonds is 3. The number of nitrogens with two attached hydrogens (primary N) is 1. The van der Waals surface area contributed by atoms with Crippen molar-refractivity contribution < 1.29 is 13.5 Å². The van der Waals surface area contributed by atoms with E-state index in [9.17, 15) is 14.0 Å². The topological polar surface area (TPSA) is 62.3 Å². The van der Waals surface area contributed by atoms with Crippen molar-refractivity contribution in [1.29, 1.82) is 5.26 Å². The third kappa shape index (κ3) is 3.72. The Balaban J connectivity index is 1.89. The number of likely N-dealkylation sites (N-methyl/N-ethyl adjacent to an activating group) is 1. The molecule has 152 valence electrons. The van der Waals surface area contributed by atoms with Gasteiger partial charge in [-0.15, -0.1) is 0 Å². The highest BCUT2D eigenvalue weighted by atomic mass is 19.1. The van der Waals surface area contributed by atoms with Gasteiger partial charge >= 0.3 is 0 Å². The van der Waals surface area contributed by atoms with Crippen LogP contribution >= 0.6 is 0 Å². The molecule has 2 aromatic carbocycles. The highest BCUT2D eigenvalue weighted by molar-refractivity contribution is 5.63. The molecule has 0 saturated carbocycles. The molecule has 2 aromatic rings. The minimum absolute atomic E-state index is 0.0144. The number of halogens is 2. The van der Waals surface area contributed by atoms with E-state index in [4.69, 9.17) is 10.5 Å². The maximum absolute atomic E-state index is 14.0. The van der Waals surface area contributed by atoms with Crippen LogP contribution in [-0.4, -0.2) is 24.5 Å². The van der Waals surface area contributed by atoms with E-state index in [1.165, 1.54) is 24.3 Å². The Hall–Kier alpha value is -3.43. The minimum atomic E-state index is -0.500. The molecule has 0 saturated heterocycles. The molecular formula is C24H21F2N3O. The lowest BCUT2D eigenvalue weighted by molar-refractivity contribution is 0.239. The van der Waals surface area contributed by atoms with E-state index in [1.54, 1.807) is 18.2 Å². The van der Waals surface area contributed by atoms with Gasteiger partial charge in [0, 0.05) is 18.7 Å². The van der Waals surface area contributed by atoms with E-state index in [0.29, 0.717) is 30.0 Å². The van der Waals surface area contributed by atoms with Crippen LogP contribution in [0.4, 0.5) is 8.78 Å². The molecule has 0 radical (unpaired) electrons. The monoisotopic (exact) mass is 405 g/mol. The van der Waals surface area contributed by atoms with Gasteiger partial charge in [-0.2, -0.15) is 5.26 Å². The van der Waals surface area contributed by atoms with Crippen molar-refractivity contribution in [3.05, 3.63) is 99.7 Å². The van der Waals surface area contributed by atoms with Gasteiger partial charge in [0.25, 0.3) is 0 Å². The Morgan fingerprint density at radius 1 is 1.17 bits per heavy atom. The molecule has 2 aliphatic rings. The maximum Gasteiger partial charge on any atom is 0.205 e. The van der Waals surface area contributed by atoms with Crippen LogP contribution in [0.1, 0.15) is 24.0 Å². The van der Waals surface area contributed by atoms with E-state index in [0.717, 1.165) is 17.7 Å². The van der Waals surface area contributed by atoms with Gasteiger partial charge in [0.15, 0.2) is 0 Å². The molecule has 0 aliphatic carbocycles. The van der Waals surface area contributed by atoms with Crippen LogP contribution in [0.25, 0.3) is 6.08 Å². The molecule has 4 rings (SSSR count). The Kier molecular flexibility index (Phi) is 5.39. The summed E-state index contributed by atoms with van der Waals surface area (Å²) in [5, 5.41) is 9.75. The number of allylic oxidation sites excluding steroid dienone is 1. The highest BCUT2D eigenvalue weighted by Crippen LogP contribution is 2.43. The zero-order valence-corrected chi connectivity index (χ0v) is 16.5. The predicted octanol–water partition coefficient (Wildman–Crippen LogP) is 4.45. The van der Waals surface area contributed by atoms with Crippen molar-refractivity contribution >= 4 is 6.08 Å². The molecule has 2 aliphatic heterocycles. The zero-order valence-electron chi connectivity index (χ0n) is 16.5. The van der Waals surface area contributed by atoms with Gasteiger partial charge in [-0.05, 0) is 53.6 Å². The number of nitriles is 1. The van der Waals surface area contributed by atoms with Crippen LogP contribution in [-0.2, 0) is 4.74 Å². The molecule has 0 spiro atoms. The Morgan fingerprint density at radius 3 is 2.57 bits per heavy atom. The van der Waals surface area contributed by atoms with Crippen molar-refractivity contribution in [2.45, 2.75) is 12.8 Å². The maximum atomic E-state index is 14.0. The van der Waals surface area contributed by atoms with E-state index in [2.05, 4.69) is 11.0 Å². The van der Waals surface area contributed by atoms with Crippen LogP contribution in [0.5, 0.6) is 0 Å². The lowest BCUT2D eigenvalue weighted by Crippen LogP contribution is -2.38. The number of benzene rings is 2.